The minimum absolute atomic E-state index is 0.0709. The van der Waals surface area contributed by atoms with Crippen molar-refractivity contribution < 1.29 is 22.7 Å². The number of hydrogen-bond donors (Lipinski definition) is 2. The van der Waals surface area contributed by atoms with Crippen molar-refractivity contribution in [2.24, 2.45) is 0 Å². The maximum absolute atomic E-state index is 13.8. The lowest BCUT2D eigenvalue weighted by atomic mass is 9.97. The quantitative estimate of drug-likeness (QED) is 0.698. The van der Waals surface area contributed by atoms with Crippen LogP contribution in [0.15, 0.2) is 34.8 Å². The second-order valence-electron chi connectivity index (χ2n) is 7.20. The van der Waals surface area contributed by atoms with Crippen LogP contribution in [0.25, 0.3) is 0 Å². The van der Waals surface area contributed by atoms with E-state index in [0.717, 1.165) is 23.1 Å². The summed E-state index contributed by atoms with van der Waals surface area (Å²) in [7, 11) is 0. The molecule has 1 amide bonds. The molecular weight excluding hydrogens is 453 g/mol. The summed E-state index contributed by atoms with van der Waals surface area (Å²) in [5, 5.41) is 9.82. The SMILES string of the molecule is O=C(NC[C@@H]1CCCO1)c1nn2c(c1Br)N[C@@H](c1ccccc1)C[C@H]2C(F)(F)F. The van der Waals surface area contributed by atoms with Gasteiger partial charge >= 0.3 is 6.18 Å². The van der Waals surface area contributed by atoms with Crippen molar-refractivity contribution >= 4 is 27.7 Å². The summed E-state index contributed by atoms with van der Waals surface area (Å²) < 4.78 is 47.9. The van der Waals surface area contributed by atoms with Crippen LogP contribution in [0.4, 0.5) is 19.0 Å². The molecular formula is C19H20BrF3N4O2. The molecule has 10 heteroatoms. The van der Waals surface area contributed by atoms with Crippen LogP contribution in [0, 0.1) is 0 Å². The van der Waals surface area contributed by atoms with Gasteiger partial charge in [-0.05, 0) is 34.3 Å². The van der Waals surface area contributed by atoms with Gasteiger partial charge in [-0.3, -0.25) is 4.79 Å². The zero-order valence-electron chi connectivity index (χ0n) is 15.4. The lowest BCUT2D eigenvalue weighted by molar-refractivity contribution is -0.173. The molecule has 0 bridgehead atoms. The fourth-order valence-corrected chi connectivity index (χ4v) is 4.29. The lowest BCUT2D eigenvalue weighted by Crippen LogP contribution is -2.36. The zero-order chi connectivity index (χ0) is 20.6. The second-order valence-corrected chi connectivity index (χ2v) is 7.99. The molecule has 1 fully saturated rings. The third-order valence-electron chi connectivity index (χ3n) is 5.23. The normalized spacial score (nSPS) is 24.1. The summed E-state index contributed by atoms with van der Waals surface area (Å²) in [6.07, 6.45) is -3.01. The van der Waals surface area contributed by atoms with Gasteiger partial charge in [-0.1, -0.05) is 30.3 Å². The molecule has 2 aliphatic rings. The molecule has 2 N–H and O–H groups in total. The maximum Gasteiger partial charge on any atom is 0.410 e. The van der Waals surface area contributed by atoms with Crippen LogP contribution in [0.1, 0.15) is 47.4 Å². The monoisotopic (exact) mass is 472 g/mol. The highest BCUT2D eigenvalue weighted by molar-refractivity contribution is 9.10. The van der Waals surface area contributed by atoms with Gasteiger partial charge in [0.1, 0.15) is 5.82 Å². The Bertz CT molecular complexity index is 882. The summed E-state index contributed by atoms with van der Waals surface area (Å²) in [5.41, 5.74) is 0.666. The number of aromatic nitrogens is 2. The third-order valence-corrected chi connectivity index (χ3v) is 5.98. The average molecular weight is 473 g/mol. The van der Waals surface area contributed by atoms with Crippen molar-refractivity contribution in [1.29, 1.82) is 0 Å². The van der Waals surface area contributed by atoms with Crippen molar-refractivity contribution in [3.05, 3.63) is 46.1 Å². The summed E-state index contributed by atoms with van der Waals surface area (Å²) in [6, 6.07) is 6.55. The van der Waals surface area contributed by atoms with E-state index in [2.05, 4.69) is 31.7 Å². The van der Waals surface area contributed by atoms with Gasteiger partial charge in [-0.2, -0.15) is 18.3 Å². The molecule has 6 nitrogen and oxygen atoms in total. The molecule has 29 heavy (non-hydrogen) atoms. The number of ether oxygens (including phenoxy) is 1. The number of alkyl halides is 3. The summed E-state index contributed by atoms with van der Waals surface area (Å²) in [5.74, 6) is -0.386. The molecule has 3 heterocycles. The van der Waals surface area contributed by atoms with Gasteiger partial charge in [0, 0.05) is 19.6 Å². The van der Waals surface area contributed by atoms with Gasteiger partial charge in [-0.15, -0.1) is 0 Å². The molecule has 3 atom stereocenters. The fourth-order valence-electron chi connectivity index (χ4n) is 3.73. The molecule has 0 unspecified atom stereocenters. The highest BCUT2D eigenvalue weighted by Gasteiger charge is 2.47. The standard InChI is InChI=1S/C19H20BrF3N4O2/c20-15-16(18(28)24-10-12-7-4-8-29-12)26-27-14(19(21,22)23)9-13(25-17(15)27)11-5-2-1-3-6-11/h1-3,5-6,12-14,25H,4,7-10H2,(H,24,28)/t12-,13+,14-/m0/s1. The molecule has 0 spiro atoms. The van der Waals surface area contributed by atoms with Crippen molar-refractivity contribution in [3.8, 4) is 0 Å². The number of nitrogens with zero attached hydrogens (tertiary/aromatic N) is 2. The Hall–Kier alpha value is -2.07. The number of amides is 1. The number of rotatable bonds is 4. The van der Waals surface area contributed by atoms with Crippen LogP contribution >= 0.6 is 15.9 Å². The minimum atomic E-state index is -4.50. The van der Waals surface area contributed by atoms with Crippen LogP contribution in [0.3, 0.4) is 0 Å². The predicted octanol–water partition coefficient (Wildman–Crippen LogP) is 4.21. The van der Waals surface area contributed by atoms with Gasteiger partial charge in [0.25, 0.3) is 5.91 Å². The van der Waals surface area contributed by atoms with E-state index in [-0.39, 0.29) is 28.5 Å². The van der Waals surface area contributed by atoms with Gasteiger partial charge in [0.2, 0.25) is 0 Å². The van der Waals surface area contributed by atoms with Crippen LogP contribution in [-0.2, 0) is 4.74 Å². The molecule has 156 valence electrons. The first-order valence-electron chi connectivity index (χ1n) is 9.40. The van der Waals surface area contributed by atoms with E-state index in [1.54, 1.807) is 24.3 Å². The smallest absolute Gasteiger partial charge is 0.376 e. The third kappa shape index (κ3) is 4.13. The molecule has 0 aliphatic carbocycles. The van der Waals surface area contributed by atoms with Crippen LogP contribution in [0.2, 0.25) is 0 Å². The van der Waals surface area contributed by atoms with E-state index in [1.807, 2.05) is 6.07 Å². The Kier molecular flexibility index (Phi) is 5.56. The number of fused-ring (bicyclic) bond motifs is 1. The first-order valence-corrected chi connectivity index (χ1v) is 10.2. The topological polar surface area (TPSA) is 68.2 Å². The van der Waals surface area contributed by atoms with E-state index >= 15 is 0 Å². The predicted molar refractivity (Wildman–Crippen MR) is 104 cm³/mol. The Morgan fingerprint density at radius 1 is 1.34 bits per heavy atom. The van der Waals surface area contributed by atoms with E-state index < -0.39 is 24.2 Å². The molecule has 2 aliphatic heterocycles. The highest BCUT2D eigenvalue weighted by atomic mass is 79.9. The number of carbonyl (C=O) groups excluding carboxylic acids is 1. The van der Waals surface area contributed by atoms with Crippen molar-refractivity contribution in [2.75, 3.05) is 18.5 Å². The van der Waals surface area contributed by atoms with Crippen molar-refractivity contribution in [2.45, 2.75) is 43.6 Å². The number of nitrogens with one attached hydrogen (secondary N) is 2. The summed E-state index contributed by atoms with van der Waals surface area (Å²) in [6.45, 7) is 0.956. The lowest BCUT2D eigenvalue weighted by Gasteiger charge is -2.33. The van der Waals surface area contributed by atoms with Crippen molar-refractivity contribution in [1.82, 2.24) is 15.1 Å². The van der Waals surface area contributed by atoms with Gasteiger partial charge in [-0.25, -0.2) is 4.68 Å². The molecule has 1 aromatic carbocycles. The molecule has 1 aromatic heterocycles. The summed E-state index contributed by atoms with van der Waals surface area (Å²) >= 11 is 3.28. The fraction of sp³-hybridized carbons (Fsp3) is 0.474. The highest BCUT2D eigenvalue weighted by Crippen LogP contribution is 2.46. The van der Waals surface area contributed by atoms with Gasteiger partial charge in [0.15, 0.2) is 11.7 Å². The van der Waals surface area contributed by atoms with Gasteiger partial charge in [0.05, 0.1) is 16.6 Å². The first-order chi connectivity index (χ1) is 13.8. The van der Waals surface area contributed by atoms with E-state index in [0.29, 0.717) is 13.2 Å². The van der Waals surface area contributed by atoms with Gasteiger partial charge < -0.3 is 15.4 Å². The molecule has 1 saturated heterocycles. The molecule has 0 saturated carbocycles. The number of hydrogen-bond acceptors (Lipinski definition) is 4. The van der Waals surface area contributed by atoms with Crippen molar-refractivity contribution in [3.63, 3.8) is 0 Å². The summed E-state index contributed by atoms with van der Waals surface area (Å²) in [4.78, 5) is 12.6. The number of carbonyl (C=O) groups is 1. The molecule has 0 radical (unpaired) electrons. The molecule has 4 rings (SSSR count). The Labute approximate surface area is 173 Å². The van der Waals surface area contributed by atoms with Crippen LogP contribution in [-0.4, -0.2) is 41.1 Å². The average Bonchev–Trinajstić information content (AvgIpc) is 3.33. The van der Waals surface area contributed by atoms with E-state index in [1.165, 1.54) is 0 Å². The first kappa shape index (κ1) is 20.2. The Morgan fingerprint density at radius 3 is 2.76 bits per heavy atom. The Morgan fingerprint density at radius 2 is 2.10 bits per heavy atom. The largest absolute Gasteiger partial charge is 0.410 e. The van der Waals surface area contributed by atoms with E-state index in [4.69, 9.17) is 4.74 Å². The minimum Gasteiger partial charge on any atom is -0.376 e. The Balaban J connectivity index is 1.62. The number of halogens is 4. The number of benzene rings is 1. The van der Waals surface area contributed by atoms with Crippen LogP contribution < -0.4 is 10.6 Å². The maximum atomic E-state index is 13.8. The molecule has 2 aromatic rings. The number of anilines is 1. The van der Waals surface area contributed by atoms with E-state index in [9.17, 15) is 18.0 Å². The van der Waals surface area contributed by atoms with Crippen LogP contribution in [0.5, 0.6) is 0 Å². The second kappa shape index (κ2) is 7.98. The zero-order valence-corrected chi connectivity index (χ0v) is 17.0.